The highest BCUT2D eigenvalue weighted by molar-refractivity contribution is 7.98. The highest BCUT2D eigenvalue weighted by Crippen LogP contribution is 2.22. The van der Waals surface area contributed by atoms with E-state index in [1.165, 1.54) is 11.8 Å². The van der Waals surface area contributed by atoms with E-state index in [9.17, 15) is 19.2 Å². The summed E-state index contributed by atoms with van der Waals surface area (Å²) in [6.07, 6.45) is 2.23. The Morgan fingerprint density at radius 3 is 2.09 bits per heavy atom. The van der Waals surface area contributed by atoms with Gasteiger partial charge >= 0.3 is 5.97 Å². The minimum Gasteiger partial charge on any atom is -0.454 e. The molecule has 0 aromatic heterocycles. The van der Waals surface area contributed by atoms with E-state index in [0.29, 0.717) is 23.3 Å². The summed E-state index contributed by atoms with van der Waals surface area (Å²) in [7, 11) is 0. The zero-order chi connectivity index (χ0) is 25.1. The van der Waals surface area contributed by atoms with E-state index in [1.807, 2.05) is 18.4 Å². The zero-order valence-electron chi connectivity index (χ0n) is 19.8. The summed E-state index contributed by atoms with van der Waals surface area (Å²) in [6.45, 7) is 5.65. The van der Waals surface area contributed by atoms with Crippen LogP contribution in [-0.4, -0.2) is 48.3 Å². The number of carbonyl (C=O) groups excluding carboxylic acids is 4. The quantitative estimate of drug-likeness (QED) is 0.372. The summed E-state index contributed by atoms with van der Waals surface area (Å²) in [6, 6.07) is 14.6. The Kier molecular flexibility index (Phi) is 10.1. The molecule has 34 heavy (non-hydrogen) atoms. The van der Waals surface area contributed by atoms with Crippen LogP contribution >= 0.6 is 11.8 Å². The fourth-order valence-electron chi connectivity index (χ4n) is 2.91. The molecule has 0 saturated heterocycles. The van der Waals surface area contributed by atoms with Crippen LogP contribution in [-0.2, 0) is 19.7 Å². The van der Waals surface area contributed by atoms with E-state index in [-0.39, 0.29) is 5.41 Å². The molecule has 2 rings (SSSR count). The molecule has 0 aliphatic heterocycles. The summed E-state index contributed by atoms with van der Waals surface area (Å²) in [5.41, 5.74) is 6.29. The molecule has 0 bridgehead atoms. The number of ether oxygens (including phenoxy) is 1. The summed E-state index contributed by atoms with van der Waals surface area (Å²) in [4.78, 5) is 49.2. The second-order valence-corrected chi connectivity index (χ2v) is 9.60. The van der Waals surface area contributed by atoms with Crippen molar-refractivity contribution in [3.63, 3.8) is 0 Å². The fourth-order valence-corrected chi connectivity index (χ4v) is 3.38. The molecule has 0 aliphatic carbocycles. The number of amides is 3. The predicted molar refractivity (Wildman–Crippen MR) is 132 cm³/mol. The highest BCUT2D eigenvalue weighted by atomic mass is 32.2. The molecule has 0 fully saturated rings. The van der Waals surface area contributed by atoms with Crippen molar-refractivity contribution in [2.24, 2.45) is 0 Å². The van der Waals surface area contributed by atoms with Crippen molar-refractivity contribution in [3.8, 4) is 0 Å². The van der Waals surface area contributed by atoms with Crippen LogP contribution in [0.4, 0.5) is 0 Å². The number of benzene rings is 2. The van der Waals surface area contributed by atoms with Crippen molar-refractivity contribution in [1.82, 2.24) is 16.2 Å². The Morgan fingerprint density at radius 1 is 0.882 bits per heavy atom. The number of thioether (sulfide) groups is 1. The van der Waals surface area contributed by atoms with E-state index >= 15 is 0 Å². The van der Waals surface area contributed by atoms with Gasteiger partial charge in [0.15, 0.2) is 6.61 Å². The second-order valence-electron chi connectivity index (χ2n) is 8.61. The Balaban J connectivity index is 1.89. The van der Waals surface area contributed by atoms with Crippen LogP contribution in [0.15, 0.2) is 54.6 Å². The first kappa shape index (κ1) is 26.9. The molecule has 0 heterocycles. The van der Waals surface area contributed by atoms with Gasteiger partial charge in [0, 0.05) is 11.1 Å². The Labute approximate surface area is 204 Å². The first-order chi connectivity index (χ1) is 16.1. The van der Waals surface area contributed by atoms with Crippen molar-refractivity contribution in [1.29, 1.82) is 0 Å². The number of hydrogen-bond donors (Lipinski definition) is 3. The van der Waals surface area contributed by atoms with Gasteiger partial charge in [0.1, 0.15) is 6.04 Å². The molecule has 0 radical (unpaired) electrons. The van der Waals surface area contributed by atoms with Gasteiger partial charge in [0.2, 0.25) is 0 Å². The lowest BCUT2D eigenvalue weighted by molar-refractivity contribution is -0.150. The molecular weight excluding hydrogens is 454 g/mol. The minimum atomic E-state index is -0.908. The van der Waals surface area contributed by atoms with Gasteiger partial charge in [-0.15, -0.1) is 0 Å². The highest BCUT2D eigenvalue weighted by Gasteiger charge is 2.24. The van der Waals surface area contributed by atoms with E-state index in [2.05, 4.69) is 36.9 Å². The number of esters is 1. The molecule has 3 N–H and O–H groups in total. The number of nitrogens with one attached hydrogen (secondary N) is 3. The largest absolute Gasteiger partial charge is 0.454 e. The van der Waals surface area contributed by atoms with E-state index < -0.39 is 36.3 Å². The standard InChI is InChI=1S/C25H31N3O5S/c1-25(2,3)19-12-10-18(11-13-19)22(30)26-20(14-15-34-4)24(32)33-16-21(29)27-28-23(31)17-8-6-5-7-9-17/h5-13,20H,14-16H2,1-4H3,(H,26,30)(H,27,29)(H,28,31)/t20-/m0/s1. The van der Waals surface area contributed by atoms with Crippen molar-refractivity contribution in [3.05, 3.63) is 71.3 Å². The van der Waals surface area contributed by atoms with Gasteiger partial charge in [-0.2, -0.15) is 11.8 Å². The molecular formula is C25H31N3O5S. The monoisotopic (exact) mass is 485 g/mol. The first-order valence-corrected chi connectivity index (χ1v) is 12.2. The predicted octanol–water partition coefficient (Wildman–Crippen LogP) is 2.84. The lowest BCUT2D eigenvalue weighted by Gasteiger charge is -2.20. The first-order valence-electron chi connectivity index (χ1n) is 10.8. The topological polar surface area (TPSA) is 114 Å². The van der Waals surface area contributed by atoms with E-state index in [0.717, 1.165) is 5.56 Å². The van der Waals surface area contributed by atoms with Gasteiger partial charge in [0.05, 0.1) is 0 Å². The van der Waals surface area contributed by atoms with Gasteiger partial charge in [-0.1, -0.05) is 51.1 Å². The van der Waals surface area contributed by atoms with E-state index in [4.69, 9.17) is 4.74 Å². The van der Waals surface area contributed by atoms with Gasteiger partial charge < -0.3 is 10.1 Å². The lowest BCUT2D eigenvalue weighted by atomic mass is 9.86. The van der Waals surface area contributed by atoms with Crippen LogP contribution in [0.25, 0.3) is 0 Å². The summed E-state index contributed by atoms with van der Waals surface area (Å²) in [5, 5.41) is 2.69. The number of hydrogen-bond acceptors (Lipinski definition) is 6. The maximum Gasteiger partial charge on any atom is 0.329 e. The average molecular weight is 486 g/mol. The number of rotatable bonds is 9. The van der Waals surface area contributed by atoms with Crippen LogP contribution in [0, 0.1) is 0 Å². The Hall–Kier alpha value is -3.33. The minimum absolute atomic E-state index is 0.0408. The van der Waals surface area contributed by atoms with Crippen molar-refractivity contribution in [2.45, 2.75) is 38.6 Å². The van der Waals surface area contributed by atoms with Crippen LogP contribution in [0.2, 0.25) is 0 Å². The number of hydrazine groups is 1. The lowest BCUT2D eigenvalue weighted by Crippen LogP contribution is -2.46. The van der Waals surface area contributed by atoms with Gasteiger partial charge in [-0.25, -0.2) is 4.79 Å². The van der Waals surface area contributed by atoms with E-state index in [1.54, 1.807) is 42.5 Å². The van der Waals surface area contributed by atoms with Gasteiger partial charge in [0.25, 0.3) is 17.7 Å². The molecule has 2 aromatic carbocycles. The third-order valence-corrected chi connectivity index (χ3v) is 5.55. The SMILES string of the molecule is CSCC[C@H](NC(=O)c1ccc(C(C)(C)C)cc1)C(=O)OCC(=O)NNC(=O)c1ccccc1. The maximum atomic E-state index is 12.7. The molecule has 2 aromatic rings. The van der Waals surface area contributed by atoms with Crippen molar-refractivity contribution in [2.75, 3.05) is 18.6 Å². The van der Waals surface area contributed by atoms with Gasteiger partial charge in [-0.3, -0.25) is 25.2 Å². The molecule has 1 atom stereocenters. The van der Waals surface area contributed by atoms with Crippen LogP contribution in [0.3, 0.4) is 0 Å². The molecule has 182 valence electrons. The Bertz CT molecular complexity index is 988. The van der Waals surface area contributed by atoms with Crippen LogP contribution in [0.5, 0.6) is 0 Å². The number of carbonyl (C=O) groups is 4. The third-order valence-electron chi connectivity index (χ3n) is 4.91. The molecule has 8 nitrogen and oxygen atoms in total. The maximum absolute atomic E-state index is 12.7. The zero-order valence-corrected chi connectivity index (χ0v) is 20.7. The average Bonchev–Trinajstić information content (AvgIpc) is 2.83. The molecule has 3 amide bonds. The van der Waals surface area contributed by atoms with Crippen molar-refractivity contribution >= 4 is 35.5 Å². The smallest absolute Gasteiger partial charge is 0.329 e. The fraction of sp³-hybridized carbons (Fsp3) is 0.360. The second kappa shape index (κ2) is 12.8. The Morgan fingerprint density at radius 2 is 1.50 bits per heavy atom. The molecule has 0 unspecified atom stereocenters. The molecule has 9 heteroatoms. The van der Waals surface area contributed by atoms with Crippen LogP contribution in [0.1, 0.15) is 53.5 Å². The molecule has 0 spiro atoms. The molecule has 0 saturated carbocycles. The molecule has 0 aliphatic rings. The third kappa shape index (κ3) is 8.55. The van der Waals surface area contributed by atoms with Crippen LogP contribution < -0.4 is 16.2 Å². The summed E-state index contributed by atoms with van der Waals surface area (Å²) < 4.78 is 5.08. The summed E-state index contributed by atoms with van der Waals surface area (Å²) >= 11 is 1.52. The van der Waals surface area contributed by atoms with Crippen molar-refractivity contribution < 1.29 is 23.9 Å². The summed E-state index contributed by atoms with van der Waals surface area (Å²) in [5.74, 6) is -1.71. The van der Waals surface area contributed by atoms with Gasteiger partial charge in [-0.05, 0) is 53.7 Å². The normalized spacial score (nSPS) is 11.8.